The molecule has 0 fully saturated rings. The van der Waals surface area contributed by atoms with Gasteiger partial charge in [-0.25, -0.2) is 4.39 Å². The lowest BCUT2D eigenvalue weighted by atomic mass is 10.1. The van der Waals surface area contributed by atoms with Gasteiger partial charge in [0.05, 0.1) is 6.04 Å². The highest BCUT2D eigenvalue weighted by molar-refractivity contribution is 7.80. The van der Waals surface area contributed by atoms with Crippen LogP contribution in [0.15, 0.2) is 48.8 Å². The van der Waals surface area contributed by atoms with E-state index < -0.39 is 0 Å². The summed E-state index contributed by atoms with van der Waals surface area (Å²) in [5.41, 5.74) is 1.73. The van der Waals surface area contributed by atoms with Gasteiger partial charge in [-0.3, -0.25) is 4.98 Å². The zero-order valence-electron chi connectivity index (χ0n) is 12.6. The summed E-state index contributed by atoms with van der Waals surface area (Å²) in [6.45, 7) is 0.625. The van der Waals surface area contributed by atoms with Crippen LogP contribution < -0.4 is 10.6 Å². The smallest absolute Gasteiger partial charge is 0.170 e. The highest BCUT2D eigenvalue weighted by Crippen LogP contribution is 2.16. The van der Waals surface area contributed by atoms with Crippen LogP contribution in [0, 0.1) is 5.82 Å². The number of anilines is 1. The minimum Gasteiger partial charge on any atom is -0.361 e. The van der Waals surface area contributed by atoms with E-state index in [1.165, 1.54) is 12.1 Å². The van der Waals surface area contributed by atoms with Crippen LogP contribution in [0.5, 0.6) is 0 Å². The van der Waals surface area contributed by atoms with Gasteiger partial charge in [-0.15, -0.1) is 0 Å². The van der Waals surface area contributed by atoms with Crippen molar-refractivity contribution in [2.75, 3.05) is 26.0 Å². The zero-order valence-corrected chi connectivity index (χ0v) is 13.4. The molecule has 1 atom stereocenters. The fraction of sp³-hybridized carbons (Fsp3) is 0.250. The number of hydrogen-bond donors (Lipinski definition) is 2. The van der Waals surface area contributed by atoms with Crippen molar-refractivity contribution in [1.29, 1.82) is 0 Å². The number of aromatic nitrogens is 1. The molecule has 0 amide bonds. The van der Waals surface area contributed by atoms with Crippen molar-refractivity contribution in [2.24, 2.45) is 0 Å². The Hall–Kier alpha value is -2.05. The molecule has 4 nitrogen and oxygen atoms in total. The second-order valence-corrected chi connectivity index (χ2v) is 5.52. The first-order valence-corrected chi connectivity index (χ1v) is 7.34. The molecule has 0 aliphatic heterocycles. The summed E-state index contributed by atoms with van der Waals surface area (Å²) in [6.07, 6.45) is 3.59. The van der Waals surface area contributed by atoms with Crippen LogP contribution in [-0.4, -0.2) is 35.6 Å². The number of thiocarbonyl (C=S) groups is 1. The van der Waals surface area contributed by atoms with Crippen LogP contribution in [0.4, 0.5) is 10.1 Å². The van der Waals surface area contributed by atoms with Crippen molar-refractivity contribution in [3.8, 4) is 0 Å². The SMILES string of the molecule is CN(C)C(CNC(=S)Nc1cccc(F)c1)c1cccnc1. The minimum absolute atomic E-state index is 0.140. The summed E-state index contributed by atoms with van der Waals surface area (Å²) in [5, 5.41) is 6.59. The van der Waals surface area contributed by atoms with Crippen LogP contribution in [0.3, 0.4) is 0 Å². The Balaban J connectivity index is 1.94. The molecule has 0 saturated carbocycles. The molecule has 0 spiro atoms. The largest absolute Gasteiger partial charge is 0.361 e. The minimum atomic E-state index is -0.297. The van der Waals surface area contributed by atoms with E-state index in [1.807, 2.05) is 32.4 Å². The Morgan fingerprint density at radius 3 is 2.77 bits per heavy atom. The molecule has 0 aliphatic carbocycles. The lowest BCUT2D eigenvalue weighted by Gasteiger charge is -2.25. The number of rotatable bonds is 5. The van der Waals surface area contributed by atoms with E-state index in [4.69, 9.17) is 12.2 Å². The predicted molar refractivity (Wildman–Crippen MR) is 91.3 cm³/mol. The van der Waals surface area contributed by atoms with E-state index in [1.54, 1.807) is 18.3 Å². The molecule has 0 radical (unpaired) electrons. The summed E-state index contributed by atoms with van der Waals surface area (Å²) < 4.78 is 13.1. The van der Waals surface area contributed by atoms with Gasteiger partial charge in [-0.1, -0.05) is 12.1 Å². The van der Waals surface area contributed by atoms with E-state index in [-0.39, 0.29) is 11.9 Å². The molecular weight excluding hydrogens is 299 g/mol. The van der Waals surface area contributed by atoms with E-state index in [0.717, 1.165) is 5.56 Å². The van der Waals surface area contributed by atoms with Crippen LogP contribution >= 0.6 is 12.2 Å². The predicted octanol–water partition coefficient (Wildman–Crippen LogP) is 2.81. The molecule has 0 bridgehead atoms. The van der Waals surface area contributed by atoms with E-state index >= 15 is 0 Å². The van der Waals surface area contributed by atoms with Crippen molar-refractivity contribution in [2.45, 2.75) is 6.04 Å². The summed E-state index contributed by atoms with van der Waals surface area (Å²) in [4.78, 5) is 6.24. The Morgan fingerprint density at radius 2 is 2.14 bits per heavy atom. The summed E-state index contributed by atoms with van der Waals surface area (Å²) in [6, 6.07) is 10.3. The van der Waals surface area contributed by atoms with Gasteiger partial charge in [-0.05, 0) is 56.1 Å². The molecule has 116 valence electrons. The monoisotopic (exact) mass is 318 g/mol. The maximum absolute atomic E-state index is 13.1. The normalized spacial score (nSPS) is 12.0. The van der Waals surface area contributed by atoms with Crippen molar-refractivity contribution >= 4 is 23.0 Å². The fourth-order valence-corrected chi connectivity index (χ4v) is 2.30. The maximum atomic E-state index is 13.1. The number of hydrogen-bond acceptors (Lipinski definition) is 3. The third-order valence-corrected chi connectivity index (χ3v) is 3.48. The van der Waals surface area contributed by atoms with Crippen LogP contribution in [-0.2, 0) is 0 Å². The first kappa shape index (κ1) is 16.3. The molecular formula is C16H19FN4S. The summed E-state index contributed by atoms with van der Waals surface area (Å²) in [7, 11) is 4.00. The Kier molecular flexibility index (Phi) is 5.80. The lowest BCUT2D eigenvalue weighted by molar-refractivity contribution is 0.298. The van der Waals surface area contributed by atoms with Crippen molar-refractivity contribution in [1.82, 2.24) is 15.2 Å². The average Bonchev–Trinajstić information content (AvgIpc) is 2.48. The molecule has 1 unspecified atom stereocenters. The molecule has 1 heterocycles. The standard InChI is InChI=1S/C16H19FN4S/c1-21(2)15(12-5-4-8-18-10-12)11-19-16(22)20-14-7-3-6-13(17)9-14/h3-10,15H,11H2,1-2H3,(H2,19,20,22). The van der Waals surface area contributed by atoms with Crippen LogP contribution in [0.2, 0.25) is 0 Å². The highest BCUT2D eigenvalue weighted by atomic mass is 32.1. The van der Waals surface area contributed by atoms with E-state index in [0.29, 0.717) is 17.3 Å². The quantitative estimate of drug-likeness (QED) is 0.830. The van der Waals surface area contributed by atoms with Crippen LogP contribution in [0.25, 0.3) is 0 Å². The van der Waals surface area contributed by atoms with Gasteiger partial charge in [0.15, 0.2) is 5.11 Å². The molecule has 2 N–H and O–H groups in total. The van der Waals surface area contributed by atoms with Gasteiger partial charge in [0, 0.05) is 24.6 Å². The second-order valence-electron chi connectivity index (χ2n) is 5.11. The summed E-state index contributed by atoms with van der Waals surface area (Å²) in [5.74, 6) is -0.297. The van der Waals surface area contributed by atoms with Crippen molar-refractivity contribution in [3.63, 3.8) is 0 Å². The molecule has 0 aliphatic rings. The van der Waals surface area contributed by atoms with Gasteiger partial charge in [0.25, 0.3) is 0 Å². The van der Waals surface area contributed by atoms with Gasteiger partial charge in [0.2, 0.25) is 0 Å². The molecule has 0 saturated heterocycles. The molecule has 1 aromatic carbocycles. The third-order valence-electron chi connectivity index (χ3n) is 3.23. The topological polar surface area (TPSA) is 40.2 Å². The molecule has 2 rings (SSSR count). The number of likely N-dealkylation sites (N-methyl/N-ethyl adjacent to an activating group) is 1. The number of halogens is 1. The van der Waals surface area contributed by atoms with Gasteiger partial charge >= 0.3 is 0 Å². The number of nitrogens with one attached hydrogen (secondary N) is 2. The third kappa shape index (κ3) is 4.75. The second kappa shape index (κ2) is 7.82. The molecule has 22 heavy (non-hydrogen) atoms. The number of benzene rings is 1. The highest BCUT2D eigenvalue weighted by Gasteiger charge is 2.14. The molecule has 6 heteroatoms. The lowest BCUT2D eigenvalue weighted by Crippen LogP contribution is -2.36. The van der Waals surface area contributed by atoms with Gasteiger partial charge in [0.1, 0.15) is 5.82 Å². The van der Waals surface area contributed by atoms with Crippen molar-refractivity contribution < 1.29 is 4.39 Å². The van der Waals surface area contributed by atoms with E-state index in [2.05, 4.69) is 20.5 Å². The first-order chi connectivity index (χ1) is 10.6. The average molecular weight is 318 g/mol. The molecule has 1 aromatic heterocycles. The maximum Gasteiger partial charge on any atom is 0.170 e. The van der Waals surface area contributed by atoms with E-state index in [9.17, 15) is 4.39 Å². The summed E-state index contributed by atoms with van der Waals surface area (Å²) >= 11 is 5.26. The Bertz CT molecular complexity index is 619. The zero-order chi connectivity index (χ0) is 15.9. The van der Waals surface area contributed by atoms with Gasteiger partial charge < -0.3 is 15.5 Å². The van der Waals surface area contributed by atoms with Crippen molar-refractivity contribution in [3.05, 3.63) is 60.2 Å². The fourth-order valence-electron chi connectivity index (χ4n) is 2.10. The Morgan fingerprint density at radius 1 is 1.32 bits per heavy atom. The molecule has 2 aromatic rings. The first-order valence-electron chi connectivity index (χ1n) is 6.93. The van der Waals surface area contributed by atoms with Crippen LogP contribution in [0.1, 0.15) is 11.6 Å². The number of nitrogens with zero attached hydrogens (tertiary/aromatic N) is 2. The number of pyridine rings is 1. The van der Waals surface area contributed by atoms with Gasteiger partial charge in [-0.2, -0.15) is 0 Å². The Labute approximate surface area is 135 Å².